The molecular formula is C21H25N3O3S. The van der Waals surface area contributed by atoms with Crippen LogP contribution in [0.2, 0.25) is 0 Å². The average Bonchev–Trinajstić information content (AvgIpc) is 3.25. The summed E-state index contributed by atoms with van der Waals surface area (Å²) < 4.78 is 26.3. The second kappa shape index (κ2) is 7.64. The standard InChI is InChI=1S/C21H25N3O3S/c1-28(26,27)24-14-18-13-23(20(25)8-7-16-9-11-22-12-10-16)15-19(18)21(24)17-5-3-2-4-6-17/h2-6,9-12,18-19,21H,7-8,13-15H2,1H3/t18-,19-,21+/m1/s1. The van der Waals surface area contributed by atoms with Crippen LogP contribution in [0.1, 0.15) is 23.6 Å². The number of pyridine rings is 1. The molecule has 1 aromatic carbocycles. The van der Waals surface area contributed by atoms with Crippen molar-refractivity contribution in [1.29, 1.82) is 0 Å². The first-order chi connectivity index (χ1) is 13.4. The van der Waals surface area contributed by atoms with Crippen LogP contribution < -0.4 is 0 Å². The minimum absolute atomic E-state index is 0.141. The van der Waals surface area contributed by atoms with Gasteiger partial charge in [-0.2, -0.15) is 4.31 Å². The topological polar surface area (TPSA) is 70.6 Å². The minimum atomic E-state index is -3.30. The fourth-order valence-corrected chi connectivity index (χ4v) is 5.73. The van der Waals surface area contributed by atoms with Gasteiger partial charge in [0.05, 0.1) is 12.3 Å². The zero-order valence-corrected chi connectivity index (χ0v) is 16.8. The van der Waals surface area contributed by atoms with Crippen molar-refractivity contribution in [2.24, 2.45) is 11.8 Å². The van der Waals surface area contributed by atoms with Gasteiger partial charge in [0, 0.05) is 44.4 Å². The van der Waals surface area contributed by atoms with E-state index < -0.39 is 10.0 Å². The molecular weight excluding hydrogens is 374 g/mol. The van der Waals surface area contributed by atoms with E-state index in [-0.39, 0.29) is 23.8 Å². The lowest BCUT2D eigenvalue weighted by molar-refractivity contribution is -0.130. The Morgan fingerprint density at radius 1 is 1.07 bits per heavy atom. The highest BCUT2D eigenvalue weighted by Gasteiger charge is 2.51. The van der Waals surface area contributed by atoms with Gasteiger partial charge in [0.25, 0.3) is 0 Å². The van der Waals surface area contributed by atoms with Gasteiger partial charge in [-0.05, 0) is 35.6 Å². The van der Waals surface area contributed by atoms with Crippen LogP contribution in [0.5, 0.6) is 0 Å². The normalized spacial score (nSPS) is 25.0. The molecule has 2 aliphatic rings. The van der Waals surface area contributed by atoms with E-state index in [1.807, 2.05) is 47.4 Å². The van der Waals surface area contributed by atoms with Crippen LogP contribution in [0, 0.1) is 11.8 Å². The second-order valence-corrected chi connectivity index (χ2v) is 9.70. The Labute approximate surface area is 166 Å². The first kappa shape index (κ1) is 19.1. The molecule has 2 aromatic rings. The van der Waals surface area contributed by atoms with Crippen molar-refractivity contribution in [2.45, 2.75) is 18.9 Å². The highest BCUT2D eigenvalue weighted by atomic mass is 32.2. The molecule has 1 amide bonds. The van der Waals surface area contributed by atoms with Crippen LogP contribution in [0.25, 0.3) is 0 Å². The number of fused-ring (bicyclic) bond motifs is 1. The van der Waals surface area contributed by atoms with Gasteiger partial charge in [-0.25, -0.2) is 8.42 Å². The molecule has 148 valence electrons. The Balaban J connectivity index is 1.48. The van der Waals surface area contributed by atoms with Crippen molar-refractivity contribution in [3.8, 4) is 0 Å². The van der Waals surface area contributed by atoms with E-state index >= 15 is 0 Å². The van der Waals surface area contributed by atoms with Crippen LogP contribution >= 0.6 is 0 Å². The number of likely N-dealkylation sites (tertiary alicyclic amines) is 1. The molecule has 4 rings (SSSR count). The van der Waals surface area contributed by atoms with E-state index in [4.69, 9.17) is 0 Å². The van der Waals surface area contributed by atoms with Crippen molar-refractivity contribution in [3.05, 3.63) is 66.0 Å². The van der Waals surface area contributed by atoms with Crippen molar-refractivity contribution >= 4 is 15.9 Å². The predicted molar refractivity (Wildman–Crippen MR) is 107 cm³/mol. The Morgan fingerprint density at radius 3 is 2.46 bits per heavy atom. The van der Waals surface area contributed by atoms with E-state index in [2.05, 4.69) is 4.98 Å². The molecule has 28 heavy (non-hydrogen) atoms. The third-order valence-electron chi connectivity index (χ3n) is 5.92. The van der Waals surface area contributed by atoms with E-state index in [0.717, 1.165) is 11.1 Å². The first-order valence-electron chi connectivity index (χ1n) is 9.62. The maximum absolute atomic E-state index is 12.7. The number of aromatic nitrogens is 1. The second-order valence-electron chi connectivity index (χ2n) is 7.77. The number of rotatable bonds is 5. The molecule has 0 aliphatic carbocycles. The average molecular weight is 400 g/mol. The number of nitrogens with zero attached hydrogens (tertiary/aromatic N) is 3. The van der Waals surface area contributed by atoms with Crippen molar-refractivity contribution in [3.63, 3.8) is 0 Å². The molecule has 7 heteroatoms. The van der Waals surface area contributed by atoms with Gasteiger partial charge < -0.3 is 4.90 Å². The summed E-state index contributed by atoms with van der Waals surface area (Å²) >= 11 is 0. The SMILES string of the molecule is CS(=O)(=O)N1C[C@H]2CN(C(=O)CCc3ccncc3)C[C@H]2[C@@H]1c1ccccc1. The van der Waals surface area contributed by atoms with E-state index in [9.17, 15) is 13.2 Å². The number of aryl methyl sites for hydroxylation is 1. The number of sulfonamides is 1. The highest BCUT2D eigenvalue weighted by Crippen LogP contribution is 2.46. The third-order valence-corrected chi connectivity index (χ3v) is 7.15. The Kier molecular flexibility index (Phi) is 5.21. The lowest BCUT2D eigenvalue weighted by atomic mass is 9.90. The number of hydrogen-bond acceptors (Lipinski definition) is 4. The summed E-state index contributed by atoms with van der Waals surface area (Å²) in [6, 6.07) is 13.5. The number of carbonyl (C=O) groups excluding carboxylic acids is 1. The highest BCUT2D eigenvalue weighted by molar-refractivity contribution is 7.88. The van der Waals surface area contributed by atoms with E-state index in [0.29, 0.717) is 32.5 Å². The van der Waals surface area contributed by atoms with Gasteiger partial charge >= 0.3 is 0 Å². The van der Waals surface area contributed by atoms with Crippen LogP contribution in [0.3, 0.4) is 0 Å². The number of benzene rings is 1. The molecule has 0 unspecified atom stereocenters. The van der Waals surface area contributed by atoms with Gasteiger partial charge in [-0.15, -0.1) is 0 Å². The predicted octanol–water partition coefficient (Wildman–Crippen LogP) is 2.11. The van der Waals surface area contributed by atoms with Gasteiger partial charge in [0.1, 0.15) is 0 Å². The van der Waals surface area contributed by atoms with Gasteiger partial charge in [0.15, 0.2) is 0 Å². The lowest BCUT2D eigenvalue weighted by Gasteiger charge is -2.28. The summed E-state index contributed by atoms with van der Waals surface area (Å²) in [4.78, 5) is 18.7. The number of carbonyl (C=O) groups is 1. The molecule has 6 nitrogen and oxygen atoms in total. The lowest BCUT2D eigenvalue weighted by Crippen LogP contribution is -2.37. The zero-order chi connectivity index (χ0) is 19.7. The maximum atomic E-state index is 12.7. The molecule has 1 aromatic heterocycles. The summed E-state index contributed by atoms with van der Waals surface area (Å²) in [7, 11) is -3.30. The van der Waals surface area contributed by atoms with Gasteiger partial charge in [-0.3, -0.25) is 9.78 Å². The maximum Gasteiger partial charge on any atom is 0.222 e. The Morgan fingerprint density at radius 2 is 1.79 bits per heavy atom. The summed E-state index contributed by atoms with van der Waals surface area (Å²) in [5.41, 5.74) is 2.11. The monoisotopic (exact) mass is 399 g/mol. The fraction of sp³-hybridized carbons (Fsp3) is 0.429. The summed E-state index contributed by atoms with van der Waals surface area (Å²) in [6.07, 6.45) is 5.93. The molecule has 0 radical (unpaired) electrons. The first-order valence-corrected chi connectivity index (χ1v) is 11.5. The largest absolute Gasteiger partial charge is 0.342 e. The summed E-state index contributed by atoms with van der Waals surface area (Å²) in [5.74, 6) is 0.468. The fourth-order valence-electron chi connectivity index (χ4n) is 4.57. The van der Waals surface area contributed by atoms with Crippen LogP contribution in [0.4, 0.5) is 0 Å². The molecule has 0 N–H and O–H groups in total. The van der Waals surface area contributed by atoms with Crippen LogP contribution in [-0.2, 0) is 21.2 Å². The van der Waals surface area contributed by atoms with Crippen LogP contribution in [0.15, 0.2) is 54.9 Å². The van der Waals surface area contributed by atoms with Crippen molar-refractivity contribution < 1.29 is 13.2 Å². The smallest absolute Gasteiger partial charge is 0.222 e. The molecule has 0 saturated carbocycles. The number of hydrogen-bond donors (Lipinski definition) is 0. The molecule has 0 spiro atoms. The molecule has 3 heterocycles. The minimum Gasteiger partial charge on any atom is -0.342 e. The third kappa shape index (κ3) is 3.82. The Bertz CT molecular complexity index is 934. The van der Waals surface area contributed by atoms with Gasteiger partial charge in [-0.1, -0.05) is 30.3 Å². The summed E-state index contributed by atoms with van der Waals surface area (Å²) in [5, 5.41) is 0. The van der Waals surface area contributed by atoms with Crippen LogP contribution in [-0.4, -0.2) is 54.4 Å². The summed E-state index contributed by atoms with van der Waals surface area (Å²) in [6.45, 7) is 1.73. The van der Waals surface area contributed by atoms with E-state index in [1.165, 1.54) is 6.26 Å². The van der Waals surface area contributed by atoms with Crippen molar-refractivity contribution in [1.82, 2.24) is 14.2 Å². The van der Waals surface area contributed by atoms with Crippen molar-refractivity contribution in [2.75, 3.05) is 25.9 Å². The van der Waals surface area contributed by atoms with Gasteiger partial charge in [0.2, 0.25) is 15.9 Å². The molecule has 2 fully saturated rings. The molecule has 2 saturated heterocycles. The molecule has 3 atom stereocenters. The Hall–Kier alpha value is -2.25. The molecule has 0 bridgehead atoms. The quantitative estimate of drug-likeness (QED) is 0.772. The number of amides is 1. The van der Waals surface area contributed by atoms with E-state index in [1.54, 1.807) is 16.7 Å². The zero-order valence-electron chi connectivity index (χ0n) is 15.9. The molecule has 2 aliphatic heterocycles.